The largest absolute Gasteiger partial charge is 0.465 e. The molecule has 0 bridgehead atoms. The number of carbonyl (C=O) groups excluding carboxylic acids is 2. The smallest absolute Gasteiger partial charge is 0.337 e. The minimum Gasteiger partial charge on any atom is -0.465 e. The number of carbonyl (C=O) groups is 2. The Labute approximate surface area is 209 Å². The molecule has 0 atom stereocenters. The average Bonchev–Trinajstić information content (AvgIpc) is 2.86. The number of methoxy groups -OCH3 is 1. The van der Waals surface area contributed by atoms with Gasteiger partial charge in [-0.05, 0) is 55.5 Å². The lowest BCUT2D eigenvalue weighted by Crippen LogP contribution is -2.22. The second-order valence-corrected chi connectivity index (χ2v) is 8.28. The maximum Gasteiger partial charge on any atom is 0.337 e. The summed E-state index contributed by atoms with van der Waals surface area (Å²) in [6.07, 6.45) is 1.52. The Hall–Kier alpha value is -3.72. The maximum atomic E-state index is 13.3. The highest BCUT2D eigenvalue weighted by molar-refractivity contribution is 6.42. The van der Waals surface area contributed by atoms with E-state index in [2.05, 4.69) is 15.3 Å². The third-order valence-corrected chi connectivity index (χ3v) is 5.90. The number of rotatable bonds is 5. The number of fused-ring (bicyclic) bond motifs is 1. The summed E-state index contributed by atoms with van der Waals surface area (Å²) in [6.45, 7) is 1.46. The predicted molar refractivity (Wildman–Crippen MR) is 132 cm³/mol. The van der Waals surface area contributed by atoms with Gasteiger partial charge in [0.15, 0.2) is 5.58 Å². The molecule has 2 heterocycles. The fourth-order valence-corrected chi connectivity index (χ4v) is 3.63. The molecule has 0 unspecified atom stereocenters. The first kappa shape index (κ1) is 24.4. The van der Waals surface area contributed by atoms with Crippen molar-refractivity contribution in [3.05, 3.63) is 92.7 Å². The van der Waals surface area contributed by atoms with Crippen molar-refractivity contribution < 1.29 is 23.8 Å². The molecule has 10 heteroatoms. The third-order valence-electron chi connectivity index (χ3n) is 5.16. The number of anilines is 1. The van der Waals surface area contributed by atoms with Gasteiger partial charge in [0.2, 0.25) is 5.55 Å². The molecule has 2 N–H and O–H groups in total. The van der Waals surface area contributed by atoms with E-state index in [4.69, 9.17) is 32.4 Å². The number of aryl methyl sites for hydroxylation is 1. The van der Waals surface area contributed by atoms with Gasteiger partial charge in [0.25, 0.3) is 5.91 Å². The van der Waals surface area contributed by atoms with Gasteiger partial charge < -0.3 is 19.6 Å². The summed E-state index contributed by atoms with van der Waals surface area (Å²) in [7, 11) is 1.29. The van der Waals surface area contributed by atoms with Crippen LogP contribution in [-0.2, 0) is 11.3 Å². The van der Waals surface area contributed by atoms with Gasteiger partial charge in [-0.25, -0.2) is 9.79 Å². The van der Waals surface area contributed by atoms with Crippen molar-refractivity contribution in [2.24, 2.45) is 4.99 Å². The number of amides is 1. The molecule has 0 aliphatic heterocycles. The highest BCUT2D eigenvalue weighted by Crippen LogP contribution is 2.27. The number of hydrogen-bond acceptors (Lipinski definition) is 7. The van der Waals surface area contributed by atoms with Crippen molar-refractivity contribution in [1.29, 1.82) is 0 Å². The fourth-order valence-electron chi connectivity index (χ4n) is 3.34. The minimum absolute atomic E-state index is 0.0135. The number of ether oxygens (including phenoxy) is 1. The Morgan fingerprint density at radius 3 is 2.51 bits per heavy atom. The van der Waals surface area contributed by atoms with Crippen LogP contribution in [0.2, 0.25) is 10.0 Å². The van der Waals surface area contributed by atoms with E-state index >= 15 is 0 Å². The molecular weight excluding hydrogens is 493 g/mol. The molecule has 8 nitrogen and oxygen atoms in total. The number of esters is 1. The molecule has 0 spiro atoms. The zero-order chi connectivity index (χ0) is 25.1. The molecule has 178 valence electrons. The number of benzene rings is 2. The Bertz CT molecular complexity index is 1510. The van der Waals surface area contributed by atoms with Gasteiger partial charge in [0.05, 0.1) is 40.7 Å². The van der Waals surface area contributed by atoms with Crippen molar-refractivity contribution in [1.82, 2.24) is 4.98 Å². The van der Waals surface area contributed by atoms with E-state index in [1.54, 1.807) is 43.3 Å². The van der Waals surface area contributed by atoms with Gasteiger partial charge in [-0.15, -0.1) is 0 Å². The number of hydrogen-bond donors (Lipinski definition) is 2. The monoisotopic (exact) mass is 511 g/mol. The molecule has 2 aromatic heterocycles. The minimum atomic E-state index is -0.515. The summed E-state index contributed by atoms with van der Waals surface area (Å²) in [5.41, 5.74) is 2.77. The first-order valence-corrected chi connectivity index (χ1v) is 11.1. The van der Waals surface area contributed by atoms with Crippen molar-refractivity contribution in [2.45, 2.75) is 13.5 Å². The Morgan fingerprint density at radius 1 is 1.11 bits per heavy atom. The summed E-state index contributed by atoms with van der Waals surface area (Å²) in [5, 5.41) is 13.7. The molecule has 4 aromatic rings. The molecular formula is C25H19Cl2N3O5. The first-order chi connectivity index (χ1) is 16.8. The fraction of sp³-hybridized carbons (Fsp3) is 0.120. The SMILES string of the molecule is COC(=O)c1ccc(NC(=O)c2cc3c(CO)cnc(C)c3oc2=Nc2ccc(Cl)c(Cl)c2)cc1. The Balaban J connectivity index is 1.84. The predicted octanol–water partition coefficient (Wildman–Crippen LogP) is 5.21. The lowest BCUT2D eigenvalue weighted by Gasteiger charge is -2.10. The standard InChI is InChI=1S/C25H19Cl2N3O5/c1-13-22-18(15(12-31)11-28-13)10-19(24(35-22)30-17-7-8-20(26)21(27)9-17)23(32)29-16-5-3-14(4-6-16)25(33)34-2/h3-11,31H,12H2,1-2H3,(H,29,32). The van der Waals surface area contributed by atoms with Crippen molar-refractivity contribution in [3.63, 3.8) is 0 Å². The van der Waals surface area contributed by atoms with E-state index in [1.807, 2.05) is 0 Å². The van der Waals surface area contributed by atoms with Crippen LogP contribution in [0.15, 0.2) is 64.1 Å². The van der Waals surface area contributed by atoms with Crippen molar-refractivity contribution in [2.75, 3.05) is 12.4 Å². The number of aliphatic hydroxyl groups is 1. The van der Waals surface area contributed by atoms with E-state index in [1.165, 1.54) is 25.4 Å². The molecule has 0 fully saturated rings. The average molecular weight is 512 g/mol. The summed E-state index contributed by atoms with van der Waals surface area (Å²) < 4.78 is 10.7. The van der Waals surface area contributed by atoms with Crippen LogP contribution in [-0.4, -0.2) is 29.1 Å². The lowest BCUT2D eigenvalue weighted by molar-refractivity contribution is 0.0600. The number of halogens is 2. The topological polar surface area (TPSA) is 114 Å². The van der Waals surface area contributed by atoms with Crippen molar-refractivity contribution >= 4 is 57.4 Å². The van der Waals surface area contributed by atoms with E-state index in [9.17, 15) is 14.7 Å². The van der Waals surface area contributed by atoms with Gasteiger partial charge in [-0.1, -0.05) is 23.2 Å². The zero-order valence-electron chi connectivity index (χ0n) is 18.6. The summed E-state index contributed by atoms with van der Waals surface area (Å²) >= 11 is 12.1. The molecule has 0 radical (unpaired) electrons. The molecule has 35 heavy (non-hydrogen) atoms. The van der Waals surface area contributed by atoms with Crippen molar-refractivity contribution in [3.8, 4) is 0 Å². The molecule has 1 amide bonds. The molecule has 0 aliphatic rings. The number of aliphatic hydroxyl groups excluding tert-OH is 1. The lowest BCUT2D eigenvalue weighted by atomic mass is 10.1. The van der Waals surface area contributed by atoms with E-state index < -0.39 is 11.9 Å². The first-order valence-electron chi connectivity index (χ1n) is 10.3. The Kier molecular flexibility index (Phi) is 7.16. The van der Waals surface area contributed by atoms with Crippen LogP contribution >= 0.6 is 23.2 Å². The maximum absolute atomic E-state index is 13.3. The van der Waals surface area contributed by atoms with Gasteiger partial charge in [0, 0.05) is 22.8 Å². The number of nitrogens with one attached hydrogen (secondary N) is 1. The number of pyridine rings is 1. The molecule has 0 aliphatic carbocycles. The highest BCUT2D eigenvalue weighted by Gasteiger charge is 2.17. The van der Waals surface area contributed by atoms with Crippen LogP contribution in [0.3, 0.4) is 0 Å². The van der Waals surface area contributed by atoms with E-state index in [0.29, 0.717) is 49.2 Å². The normalized spacial score (nSPS) is 11.5. The van der Waals surface area contributed by atoms with Crippen LogP contribution in [0.5, 0.6) is 0 Å². The van der Waals surface area contributed by atoms with Crippen LogP contribution < -0.4 is 10.9 Å². The third kappa shape index (κ3) is 5.19. The van der Waals surface area contributed by atoms with Gasteiger partial charge in [-0.2, -0.15) is 0 Å². The van der Waals surface area contributed by atoms with Gasteiger partial charge >= 0.3 is 5.97 Å². The highest BCUT2D eigenvalue weighted by atomic mass is 35.5. The second kappa shape index (κ2) is 10.3. The summed E-state index contributed by atoms with van der Waals surface area (Å²) in [6, 6.07) is 12.6. The second-order valence-electron chi connectivity index (χ2n) is 7.47. The van der Waals surface area contributed by atoms with Crippen LogP contribution in [0.1, 0.15) is 32.0 Å². The number of aromatic nitrogens is 1. The van der Waals surface area contributed by atoms with Crippen LogP contribution in [0, 0.1) is 6.92 Å². The van der Waals surface area contributed by atoms with Gasteiger partial charge in [0.1, 0.15) is 5.56 Å². The zero-order valence-corrected chi connectivity index (χ0v) is 20.1. The van der Waals surface area contributed by atoms with E-state index in [0.717, 1.165) is 0 Å². The van der Waals surface area contributed by atoms with Gasteiger partial charge in [-0.3, -0.25) is 9.78 Å². The Morgan fingerprint density at radius 2 is 1.86 bits per heavy atom. The quantitative estimate of drug-likeness (QED) is 0.355. The number of nitrogens with zero attached hydrogens (tertiary/aromatic N) is 2. The van der Waals surface area contributed by atoms with Crippen LogP contribution in [0.25, 0.3) is 11.0 Å². The van der Waals surface area contributed by atoms with Crippen LogP contribution in [0.4, 0.5) is 11.4 Å². The molecule has 0 saturated heterocycles. The molecule has 0 saturated carbocycles. The van der Waals surface area contributed by atoms with E-state index in [-0.39, 0.29) is 17.7 Å². The summed E-state index contributed by atoms with van der Waals surface area (Å²) in [4.78, 5) is 33.7. The summed E-state index contributed by atoms with van der Waals surface area (Å²) in [5.74, 6) is -1.00. The molecule has 2 aromatic carbocycles. The molecule has 4 rings (SSSR count).